The lowest BCUT2D eigenvalue weighted by Gasteiger charge is -2.28. The molecule has 190 valence electrons. The Morgan fingerprint density at radius 1 is 0.737 bits per heavy atom. The summed E-state index contributed by atoms with van der Waals surface area (Å²) in [7, 11) is 0. The Morgan fingerprint density at radius 2 is 1.34 bits per heavy atom. The van der Waals surface area contributed by atoms with Crippen LogP contribution in [0.3, 0.4) is 0 Å². The fourth-order valence-corrected chi connectivity index (χ4v) is 4.73. The van der Waals surface area contributed by atoms with Crippen molar-refractivity contribution in [3.8, 4) is 39.6 Å². The predicted octanol–water partition coefficient (Wildman–Crippen LogP) is 7.84. The van der Waals surface area contributed by atoms with Crippen LogP contribution in [0.2, 0.25) is 0 Å². The first-order valence-corrected chi connectivity index (χ1v) is 13.2. The molecule has 5 nitrogen and oxygen atoms in total. The molecule has 0 bridgehead atoms. The van der Waals surface area contributed by atoms with E-state index < -0.39 is 0 Å². The van der Waals surface area contributed by atoms with E-state index in [4.69, 9.17) is 9.97 Å². The molecule has 0 unspecified atom stereocenters. The third kappa shape index (κ3) is 4.92. The van der Waals surface area contributed by atoms with Crippen LogP contribution in [0.4, 0.5) is 0 Å². The highest BCUT2D eigenvalue weighted by molar-refractivity contribution is 6.02. The van der Waals surface area contributed by atoms with Gasteiger partial charge in [0.05, 0.1) is 34.8 Å². The Kier molecular flexibility index (Phi) is 7.01. The van der Waals surface area contributed by atoms with Gasteiger partial charge in [-0.1, -0.05) is 88.4 Å². The first kappa shape index (κ1) is 25.3. The van der Waals surface area contributed by atoms with Crippen molar-refractivity contribution in [2.75, 3.05) is 0 Å². The first-order chi connectivity index (χ1) is 18.5. The van der Waals surface area contributed by atoms with Crippen molar-refractivity contribution in [3.63, 3.8) is 0 Å². The van der Waals surface area contributed by atoms with E-state index in [1.54, 1.807) is 0 Å². The summed E-state index contributed by atoms with van der Waals surface area (Å²) < 4.78 is 2.01. The van der Waals surface area contributed by atoms with Crippen LogP contribution in [0.15, 0.2) is 97.5 Å². The summed E-state index contributed by atoms with van der Waals surface area (Å²) in [5.41, 5.74) is 7.71. The van der Waals surface area contributed by atoms with Gasteiger partial charge in [0.1, 0.15) is 5.69 Å². The molecule has 5 heteroatoms. The second kappa shape index (κ2) is 10.5. The fourth-order valence-electron chi connectivity index (χ4n) is 4.73. The lowest BCUT2D eigenvalue weighted by Crippen LogP contribution is -2.31. The van der Waals surface area contributed by atoms with Gasteiger partial charge in [-0.3, -0.25) is 9.78 Å². The highest BCUT2D eigenvalue weighted by Gasteiger charge is 2.35. The van der Waals surface area contributed by atoms with Gasteiger partial charge in [0, 0.05) is 28.3 Å². The van der Waals surface area contributed by atoms with Crippen molar-refractivity contribution in [3.05, 3.63) is 109 Å². The summed E-state index contributed by atoms with van der Waals surface area (Å²) in [4.78, 5) is 27.2. The van der Waals surface area contributed by atoms with Crippen molar-refractivity contribution >= 4 is 5.78 Å². The SMILES string of the molecule is CC.CC1(C)CCc2nc(-c3cn(-c4cc(-c5ccccc5)nc(-c5ccccc5)c4)cn3)ccc2C1=O. The van der Waals surface area contributed by atoms with Gasteiger partial charge in [-0.15, -0.1) is 0 Å². The van der Waals surface area contributed by atoms with Crippen LogP contribution in [-0.2, 0) is 6.42 Å². The van der Waals surface area contributed by atoms with Gasteiger partial charge < -0.3 is 4.57 Å². The molecule has 1 aliphatic rings. The van der Waals surface area contributed by atoms with Gasteiger partial charge in [0.25, 0.3) is 0 Å². The molecule has 38 heavy (non-hydrogen) atoms. The maximum Gasteiger partial charge on any atom is 0.170 e. The molecule has 0 fully saturated rings. The minimum Gasteiger partial charge on any atom is -0.305 e. The lowest BCUT2D eigenvalue weighted by atomic mass is 9.75. The predicted molar refractivity (Wildman–Crippen MR) is 153 cm³/mol. The summed E-state index contributed by atoms with van der Waals surface area (Å²) >= 11 is 0. The topological polar surface area (TPSA) is 60.7 Å². The number of aromatic nitrogens is 4. The van der Waals surface area contributed by atoms with E-state index >= 15 is 0 Å². The molecule has 5 aromatic rings. The number of rotatable bonds is 4. The highest BCUT2D eigenvalue weighted by atomic mass is 16.1. The van der Waals surface area contributed by atoms with Crippen molar-refractivity contribution in [1.29, 1.82) is 0 Å². The number of aryl methyl sites for hydroxylation is 1. The number of pyridine rings is 2. The summed E-state index contributed by atoms with van der Waals surface area (Å²) in [6, 6.07) is 28.4. The van der Waals surface area contributed by atoms with Crippen molar-refractivity contribution in [2.45, 2.75) is 40.5 Å². The molecule has 0 radical (unpaired) electrons. The summed E-state index contributed by atoms with van der Waals surface area (Å²) in [5, 5.41) is 0. The maximum absolute atomic E-state index is 12.8. The molecule has 6 rings (SSSR count). The number of hydrogen-bond donors (Lipinski definition) is 0. The second-order valence-electron chi connectivity index (χ2n) is 9.90. The van der Waals surface area contributed by atoms with Crippen LogP contribution in [0.5, 0.6) is 0 Å². The van der Waals surface area contributed by atoms with Gasteiger partial charge in [0.15, 0.2) is 5.78 Å². The minimum absolute atomic E-state index is 0.173. The summed E-state index contributed by atoms with van der Waals surface area (Å²) in [6.45, 7) is 8.02. The van der Waals surface area contributed by atoms with E-state index in [9.17, 15) is 4.79 Å². The lowest BCUT2D eigenvalue weighted by molar-refractivity contribution is 0.0809. The molecule has 3 heterocycles. The van der Waals surface area contributed by atoms with E-state index in [1.165, 1.54) is 0 Å². The Hall–Kier alpha value is -4.38. The van der Waals surface area contributed by atoms with Crippen LogP contribution < -0.4 is 0 Å². The molecular weight excluding hydrogens is 468 g/mol. The first-order valence-electron chi connectivity index (χ1n) is 13.2. The molecule has 0 atom stereocenters. The maximum atomic E-state index is 12.8. The Balaban J connectivity index is 0.00000144. The molecule has 0 spiro atoms. The molecule has 0 amide bonds. The molecule has 3 aromatic heterocycles. The largest absolute Gasteiger partial charge is 0.305 e. The standard InChI is InChI=1S/C31H26N4O.C2H6/c1-31(2)16-15-25-24(30(31)36)13-14-26(33-25)29-19-35(20-32-29)23-17-27(21-9-5-3-6-10-21)34-28(18-23)22-11-7-4-8-12-22;1-2/h3-14,17-20H,15-16H2,1-2H3;1-2H3. The van der Waals surface area contributed by atoms with E-state index in [0.29, 0.717) is 0 Å². The van der Waals surface area contributed by atoms with Crippen LogP contribution in [-0.4, -0.2) is 25.3 Å². The number of imidazole rings is 1. The molecule has 0 aliphatic heterocycles. The van der Waals surface area contributed by atoms with Crippen LogP contribution in [0.25, 0.3) is 39.6 Å². The molecule has 2 aromatic carbocycles. The van der Waals surface area contributed by atoms with Gasteiger partial charge in [-0.2, -0.15) is 0 Å². The van der Waals surface area contributed by atoms with Crippen molar-refractivity contribution < 1.29 is 4.79 Å². The minimum atomic E-state index is -0.327. The Bertz CT molecular complexity index is 1510. The number of benzene rings is 2. The van der Waals surface area contributed by atoms with E-state index in [0.717, 1.165) is 63.7 Å². The smallest absolute Gasteiger partial charge is 0.170 e. The van der Waals surface area contributed by atoms with Crippen LogP contribution in [0, 0.1) is 5.41 Å². The molecule has 0 saturated carbocycles. The fraction of sp³-hybridized carbons (Fsp3) is 0.212. The third-order valence-corrected chi connectivity index (χ3v) is 6.91. The number of nitrogens with zero attached hydrogens (tertiary/aromatic N) is 4. The Labute approximate surface area is 224 Å². The highest BCUT2D eigenvalue weighted by Crippen LogP contribution is 2.35. The number of hydrogen-bond acceptors (Lipinski definition) is 4. The van der Waals surface area contributed by atoms with E-state index in [-0.39, 0.29) is 11.2 Å². The number of fused-ring (bicyclic) bond motifs is 1. The average molecular weight is 501 g/mol. The van der Waals surface area contributed by atoms with Crippen molar-refractivity contribution in [1.82, 2.24) is 19.5 Å². The molecule has 0 N–H and O–H groups in total. The van der Waals surface area contributed by atoms with Gasteiger partial charge in [-0.05, 0) is 37.1 Å². The van der Waals surface area contributed by atoms with Crippen molar-refractivity contribution in [2.24, 2.45) is 5.41 Å². The third-order valence-electron chi connectivity index (χ3n) is 6.91. The normalized spacial score (nSPS) is 13.8. The van der Waals surface area contributed by atoms with Crippen LogP contribution >= 0.6 is 0 Å². The molecular formula is C33H32N4O. The average Bonchev–Trinajstić information content (AvgIpc) is 3.47. The molecule has 1 aliphatic carbocycles. The number of carbonyl (C=O) groups excluding carboxylic acids is 1. The number of ketones is 1. The second-order valence-corrected chi connectivity index (χ2v) is 9.90. The van der Waals surface area contributed by atoms with Crippen LogP contribution in [0.1, 0.15) is 50.2 Å². The zero-order chi connectivity index (χ0) is 26.7. The molecule has 0 saturated heterocycles. The zero-order valence-electron chi connectivity index (χ0n) is 22.3. The zero-order valence-corrected chi connectivity index (χ0v) is 22.3. The quantitative estimate of drug-likeness (QED) is 0.252. The van der Waals surface area contributed by atoms with E-state index in [1.807, 2.05) is 93.3 Å². The Morgan fingerprint density at radius 3 is 1.95 bits per heavy atom. The van der Waals surface area contributed by atoms with Gasteiger partial charge >= 0.3 is 0 Å². The number of Topliss-reactive ketones (excluding diaryl/α,β-unsaturated/α-hetero) is 1. The van der Waals surface area contributed by atoms with Gasteiger partial charge in [-0.25, -0.2) is 9.97 Å². The monoisotopic (exact) mass is 500 g/mol. The summed E-state index contributed by atoms with van der Waals surface area (Å²) in [5.74, 6) is 0.173. The van der Waals surface area contributed by atoms with E-state index in [2.05, 4.69) is 41.4 Å². The van der Waals surface area contributed by atoms with Gasteiger partial charge in [0.2, 0.25) is 0 Å². The summed E-state index contributed by atoms with van der Waals surface area (Å²) in [6.07, 6.45) is 5.41. The number of carbonyl (C=O) groups is 1.